The van der Waals surface area contributed by atoms with Crippen molar-refractivity contribution in [1.29, 1.82) is 0 Å². The average Bonchev–Trinajstić information content (AvgIpc) is 2.36. The molecule has 1 heterocycles. The van der Waals surface area contributed by atoms with Gasteiger partial charge >= 0.3 is 0 Å². The first kappa shape index (κ1) is 15.7. The molecule has 0 saturated heterocycles. The second kappa shape index (κ2) is 7.93. The van der Waals surface area contributed by atoms with Crippen LogP contribution in [0, 0.1) is 0 Å². The Balaban J connectivity index is 2.47. The molecule has 6 nitrogen and oxygen atoms in total. The van der Waals surface area contributed by atoms with Gasteiger partial charge in [-0.15, -0.1) is 10.2 Å². The van der Waals surface area contributed by atoms with Crippen molar-refractivity contribution in [2.45, 2.75) is 39.5 Å². The van der Waals surface area contributed by atoms with Gasteiger partial charge in [-0.1, -0.05) is 26.7 Å². The quantitative estimate of drug-likeness (QED) is 0.680. The van der Waals surface area contributed by atoms with E-state index >= 15 is 0 Å². The van der Waals surface area contributed by atoms with Gasteiger partial charge in [-0.05, 0) is 25.0 Å². The molecule has 0 atom stereocenters. The van der Waals surface area contributed by atoms with E-state index in [0.29, 0.717) is 12.2 Å². The Kier molecular flexibility index (Phi) is 6.55. The standard InChI is InChI=1S/C12H22N4O2S/c1-3-5-6-9-13-11-7-8-12(15-14-11)16-19(17,18)10-4-2/h7-8H,3-6,9-10H2,1-2H3,(H,13,14)(H,15,16). The number of anilines is 2. The molecule has 0 unspecified atom stereocenters. The van der Waals surface area contributed by atoms with Gasteiger partial charge in [-0.2, -0.15) is 0 Å². The number of aromatic nitrogens is 2. The Morgan fingerprint density at radius 2 is 1.74 bits per heavy atom. The molecular formula is C12H22N4O2S. The lowest BCUT2D eigenvalue weighted by atomic mass is 10.2. The van der Waals surface area contributed by atoms with Gasteiger partial charge in [-0.3, -0.25) is 4.72 Å². The molecule has 7 heteroatoms. The highest BCUT2D eigenvalue weighted by molar-refractivity contribution is 7.92. The van der Waals surface area contributed by atoms with Gasteiger partial charge in [0.1, 0.15) is 5.82 Å². The number of rotatable bonds is 9. The minimum Gasteiger partial charge on any atom is -0.369 e. The summed E-state index contributed by atoms with van der Waals surface area (Å²) < 4.78 is 25.5. The molecule has 1 aromatic rings. The van der Waals surface area contributed by atoms with Gasteiger partial charge in [0, 0.05) is 6.54 Å². The van der Waals surface area contributed by atoms with E-state index in [-0.39, 0.29) is 11.6 Å². The third kappa shape index (κ3) is 6.37. The molecule has 108 valence electrons. The van der Waals surface area contributed by atoms with Gasteiger partial charge in [0.2, 0.25) is 10.0 Å². The zero-order chi connectivity index (χ0) is 14.1. The summed E-state index contributed by atoms with van der Waals surface area (Å²) >= 11 is 0. The highest BCUT2D eigenvalue weighted by Crippen LogP contribution is 2.08. The number of hydrogen-bond acceptors (Lipinski definition) is 5. The topological polar surface area (TPSA) is 84.0 Å². The molecule has 1 rings (SSSR count). The first-order valence-corrected chi connectivity index (χ1v) is 8.30. The Morgan fingerprint density at radius 3 is 2.32 bits per heavy atom. The maximum absolute atomic E-state index is 11.5. The van der Waals surface area contributed by atoms with E-state index in [0.717, 1.165) is 13.0 Å². The third-order valence-corrected chi connectivity index (χ3v) is 3.95. The molecule has 0 aliphatic heterocycles. The lowest BCUT2D eigenvalue weighted by Crippen LogP contribution is -2.17. The van der Waals surface area contributed by atoms with Crippen LogP contribution in [-0.2, 0) is 10.0 Å². The number of unbranched alkanes of at least 4 members (excludes halogenated alkanes) is 2. The first-order valence-electron chi connectivity index (χ1n) is 6.65. The normalized spacial score (nSPS) is 11.3. The van der Waals surface area contributed by atoms with Crippen molar-refractivity contribution in [3.8, 4) is 0 Å². The summed E-state index contributed by atoms with van der Waals surface area (Å²) in [5.74, 6) is 1.01. The zero-order valence-electron chi connectivity index (χ0n) is 11.5. The largest absolute Gasteiger partial charge is 0.369 e. The Hall–Kier alpha value is -1.37. The smallest absolute Gasteiger partial charge is 0.233 e. The summed E-state index contributed by atoms with van der Waals surface area (Å²) in [6.45, 7) is 4.81. The van der Waals surface area contributed by atoms with Crippen LogP contribution in [0.15, 0.2) is 12.1 Å². The van der Waals surface area contributed by atoms with Crippen LogP contribution in [0.4, 0.5) is 11.6 Å². The lowest BCUT2D eigenvalue weighted by molar-refractivity contribution is 0.599. The summed E-state index contributed by atoms with van der Waals surface area (Å²) in [4.78, 5) is 0. The van der Waals surface area contributed by atoms with Gasteiger partial charge in [0.15, 0.2) is 5.82 Å². The molecule has 0 bridgehead atoms. The van der Waals surface area contributed by atoms with Crippen LogP contribution >= 0.6 is 0 Å². The summed E-state index contributed by atoms with van der Waals surface area (Å²) in [6.07, 6.45) is 4.00. The predicted octanol–water partition coefficient (Wildman–Crippen LogP) is 2.23. The fourth-order valence-electron chi connectivity index (χ4n) is 1.55. The van der Waals surface area contributed by atoms with Crippen LogP contribution in [0.25, 0.3) is 0 Å². The Labute approximate surface area is 115 Å². The van der Waals surface area contributed by atoms with E-state index in [4.69, 9.17) is 0 Å². The van der Waals surface area contributed by atoms with Crippen molar-refractivity contribution in [3.05, 3.63) is 12.1 Å². The molecule has 0 spiro atoms. The van der Waals surface area contributed by atoms with Crippen molar-refractivity contribution >= 4 is 21.7 Å². The average molecular weight is 286 g/mol. The Morgan fingerprint density at radius 1 is 1.05 bits per heavy atom. The molecule has 0 aliphatic carbocycles. The van der Waals surface area contributed by atoms with Crippen LogP contribution in [0.5, 0.6) is 0 Å². The molecular weight excluding hydrogens is 264 g/mol. The van der Waals surface area contributed by atoms with Crippen LogP contribution in [-0.4, -0.2) is 30.9 Å². The fourth-order valence-corrected chi connectivity index (χ4v) is 2.62. The third-order valence-electron chi connectivity index (χ3n) is 2.48. The molecule has 0 amide bonds. The second-order valence-electron chi connectivity index (χ2n) is 4.36. The number of nitrogens with zero attached hydrogens (tertiary/aromatic N) is 2. The van der Waals surface area contributed by atoms with E-state index in [9.17, 15) is 8.42 Å². The highest BCUT2D eigenvalue weighted by atomic mass is 32.2. The van der Waals surface area contributed by atoms with E-state index in [1.54, 1.807) is 12.1 Å². The zero-order valence-corrected chi connectivity index (χ0v) is 12.3. The number of sulfonamides is 1. The SMILES string of the molecule is CCCCCNc1ccc(NS(=O)(=O)CCC)nn1. The van der Waals surface area contributed by atoms with Crippen molar-refractivity contribution in [1.82, 2.24) is 10.2 Å². The van der Waals surface area contributed by atoms with Crippen molar-refractivity contribution in [2.24, 2.45) is 0 Å². The van der Waals surface area contributed by atoms with Crippen molar-refractivity contribution < 1.29 is 8.42 Å². The molecule has 19 heavy (non-hydrogen) atoms. The van der Waals surface area contributed by atoms with Gasteiger partial charge in [0.05, 0.1) is 5.75 Å². The summed E-state index contributed by atoms with van der Waals surface area (Å²) in [6, 6.07) is 3.34. The summed E-state index contributed by atoms with van der Waals surface area (Å²) in [5.41, 5.74) is 0. The molecule has 2 N–H and O–H groups in total. The van der Waals surface area contributed by atoms with Gasteiger partial charge in [0.25, 0.3) is 0 Å². The van der Waals surface area contributed by atoms with Crippen LogP contribution in [0.1, 0.15) is 39.5 Å². The summed E-state index contributed by atoms with van der Waals surface area (Å²) in [5, 5.41) is 10.9. The summed E-state index contributed by atoms with van der Waals surface area (Å²) in [7, 11) is -3.29. The van der Waals surface area contributed by atoms with Crippen LogP contribution in [0.3, 0.4) is 0 Å². The molecule has 1 aromatic heterocycles. The van der Waals surface area contributed by atoms with Crippen molar-refractivity contribution in [3.63, 3.8) is 0 Å². The molecule has 0 saturated carbocycles. The maximum atomic E-state index is 11.5. The Bertz CT molecular complexity index is 459. The maximum Gasteiger partial charge on any atom is 0.233 e. The van der Waals surface area contributed by atoms with Gasteiger partial charge < -0.3 is 5.32 Å². The molecule has 0 radical (unpaired) electrons. The van der Waals surface area contributed by atoms with Crippen molar-refractivity contribution in [2.75, 3.05) is 22.3 Å². The van der Waals surface area contributed by atoms with Gasteiger partial charge in [-0.25, -0.2) is 8.42 Å². The van der Waals surface area contributed by atoms with E-state index in [2.05, 4.69) is 27.2 Å². The fraction of sp³-hybridized carbons (Fsp3) is 0.667. The van der Waals surface area contributed by atoms with E-state index in [1.807, 2.05) is 6.92 Å². The minimum atomic E-state index is -3.29. The van der Waals surface area contributed by atoms with E-state index in [1.165, 1.54) is 12.8 Å². The first-order chi connectivity index (χ1) is 9.07. The second-order valence-corrected chi connectivity index (χ2v) is 6.20. The molecule has 0 aromatic carbocycles. The highest BCUT2D eigenvalue weighted by Gasteiger charge is 2.09. The van der Waals surface area contributed by atoms with Crippen LogP contribution in [0.2, 0.25) is 0 Å². The molecule has 0 aliphatic rings. The predicted molar refractivity (Wildman–Crippen MR) is 77.7 cm³/mol. The molecule has 0 fully saturated rings. The number of hydrogen-bond donors (Lipinski definition) is 2. The van der Waals surface area contributed by atoms with E-state index < -0.39 is 10.0 Å². The number of nitrogens with one attached hydrogen (secondary N) is 2. The monoisotopic (exact) mass is 286 g/mol. The minimum absolute atomic E-state index is 0.0890. The lowest BCUT2D eigenvalue weighted by Gasteiger charge is -2.07. The van der Waals surface area contributed by atoms with Crippen LogP contribution < -0.4 is 10.0 Å².